The van der Waals surface area contributed by atoms with Crippen molar-refractivity contribution in [2.75, 3.05) is 5.75 Å². The molecule has 4 aromatic rings. The van der Waals surface area contributed by atoms with E-state index in [2.05, 4.69) is 31.9 Å². The van der Waals surface area contributed by atoms with Gasteiger partial charge < -0.3 is 5.11 Å². The Kier molecular flexibility index (Phi) is 6.24. The summed E-state index contributed by atoms with van der Waals surface area (Å²) in [6, 6.07) is 21.3. The molecule has 2 aromatic heterocycles. The van der Waals surface area contributed by atoms with Crippen LogP contribution >= 0.6 is 23.4 Å². The van der Waals surface area contributed by atoms with Crippen LogP contribution in [0.4, 0.5) is 0 Å². The summed E-state index contributed by atoms with van der Waals surface area (Å²) >= 11 is 7.67. The number of hydrogen-bond donors (Lipinski definition) is 1. The lowest BCUT2D eigenvalue weighted by molar-refractivity contribution is 0.204. The van der Waals surface area contributed by atoms with Gasteiger partial charge in [0.2, 0.25) is 0 Å². The molecule has 0 aliphatic heterocycles. The third-order valence-corrected chi connectivity index (χ3v) is 5.84. The molecule has 2 heterocycles. The Morgan fingerprint density at radius 2 is 1.76 bits per heavy atom. The second-order valence-electron chi connectivity index (χ2n) is 6.47. The minimum absolute atomic E-state index is 0.420. The third-order valence-electron chi connectivity index (χ3n) is 4.45. The van der Waals surface area contributed by atoms with Crippen molar-refractivity contribution >= 4 is 23.4 Å². The quantitative estimate of drug-likeness (QED) is 0.430. The van der Waals surface area contributed by atoms with Crippen molar-refractivity contribution in [3.63, 3.8) is 0 Å². The highest BCUT2D eigenvalue weighted by molar-refractivity contribution is 7.99. The van der Waals surface area contributed by atoms with E-state index in [1.807, 2.05) is 48.5 Å². The Hall–Kier alpha value is -2.67. The summed E-state index contributed by atoms with van der Waals surface area (Å²) in [5, 5.41) is 20.7. The lowest BCUT2D eigenvalue weighted by atomic mass is 10.1. The van der Waals surface area contributed by atoms with Gasteiger partial charge in [0, 0.05) is 28.7 Å². The molecule has 5 nitrogen and oxygen atoms in total. The topological polar surface area (TPSA) is 63.8 Å². The summed E-state index contributed by atoms with van der Waals surface area (Å²) in [7, 11) is 0. The number of hydrogen-bond acceptors (Lipinski definition) is 5. The van der Waals surface area contributed by atoms with Crippen LogP contribution in [0, 0.1) is 0 Å². The maximum absolute atomic E-state index is 10.6. The molecule has 1 unspecified atom stereocenters. The van der Waals surface area contributed by atoms with Crippen molar-refractivity contribution < 1.29 is 5.11 Å². The normalized spacial score (nSPS) is 12.1. The van der Waals surface area contributed by atoms with Gasteiger partial charge >= 0.3 is 0 Å². The van der Waals surface area contributed by atoms with Gasteiger partial charge in [-0.15, -0.1) is 10.2 Å². The summed E-state index contributed by atoms with van der Waals surface area (Å²) < 4.78 is 2.05. The van der Waals surface area contributed by atoms with E-state index in [-0.39, 0.29) is 0 Å². The Morgan fingerprint density at radius 1 is 0.966 bits per heavy atom. The van der Waals surface area contributed by atoms with Crippen molar-refractivity contribution in [1.82, 2.24) is 19.7 Å². The fourth-order valence-electron chi connectivity index (χ4n) is 3.00. The molecule has 1 atom stereocenters. The van der Waals surface area contributed by atoms with E-state index in [1.165, 1.54) is 11.8 Å². The summed E-state index contributed by atoms with van der Waals surface area (Å²) in [5.74, 6) is 1.17. The molecule has 0 spiro atoms. The number of thioether (sulfide) groups is 1. The molecule has 1 N–H and O–H groups in total. The van der Waals surface area contributed by atoms with E-state index in [1.54, 1.807) is 18.5 Å². The number of aromatic nitrogens is 4. The van der Waals surface area contributed by atoms with Crippen LogP contribution in [-0.2, 0) is 6.54 Å². The van der Waals surface area contributed by atoms with Gasteiger partial charge in [-0.25, -0.2) is 0 Å². The molecule has 0 bridgehead atoms. The molecule has 0 aliphatic carbocycles. The minimum atomic E-state index is -0.697. The van der Waals surface area contributed by atoms with E-state index in [0.717, 1.165) is 22.1 Å². The first-order valence-electron chi connectivity index (χ1n) is 9.15. The Balaban J connectivity index is 1.61. The Morgan fingerprint density at radius 3 is 2.52 bits per heavy atom. The molecule has 0 saturated heterocycles. The van der Waals surface area contributed by atoms with E-state index in [0.29, 0.717) is 22.9 Å². The highest BCUT2D eigenvalue weighted by Crippen LogP contribution is 2.30. The molecule has 146 valence electrons. The molecule has 4 rings (SSSR count). The van der Waals surface area contributed by atoms with Gasteiger partial charge in [0.1, 0.15) is 0 Å². The zero-order chi connectivity index (χ0) is 20.1. The zero-order valence-corrected chi connectivity index (χ0v) is 17.1. The van der Waals surface area contributed by atoms with Crippen LogP contribution in [0.15, 0.2) is 84.3 Å². The number of nitrogens with zero attached hydrogens (tertiary/aromatic N) is 4. The molecular weight excluding hydrogens is 404 g/mol. The Labute approximate surface area is 178 Å². The van der Waals surface area contributed by atoms with Gasteiger partial charge in [-0.1, -0.05) is 71.9 Å². The summed E-state index contributed by atoms with van der Waals surface area (Å²) in [5.41, 5.74) is 2.75. The number of pyridine rings is 1. The maximum atomic E-state index is 10.6. The first-order chi connectivity index (χ1) is 14.2. The minimum Gasteiger partial charge on any atom is -0.387 e. The van der Waals surface area contributed by atoms with Gasteiger partial charge in [0.15, 0.2) is 11.0 Å². The molecule has 0 fully saturated rings. The van der Waals surface area contributed by atoms with Crippen LogP contribution in [0.5, 0.6) is 0 Å². The molecule has 0 saturated carbocycles. The van der Waals surface area contributed by atoms with Crippen LogP contribution in [0.3, 0.4) is 0 Å². The van der Waals surface area contributed by atoms with Crippen LogP contribution < -0.4 is 0 Å². The average Bonchev–Trinajstić information content (AvgIpc) is 3.16. The molecular formula is C22H19ClN4OS. The summed E-state index contributed by atoms with van der Waals surface area (Å²) in [4.78, 5) is 4.20. The van der Waals surface area contributed by atoms with Crippen molar-refractivity contribution in [1.29, 1.82) is 0 Å². The van der Waals surface area contributed by atoms with Gasteiger partial charge in [0.25, 0.3) is 0 Å². The monoisotopic (exact) mass is 422 g/mol. The number of rotatable bonds is 7. The van der Waals surface area contributed by atoms with Crippen LogP contribution in [0.2, 0.25) is 5.02 Å². The number of halogens is 1. The van der Waals surface area contributed by atoms with Crippen molar-refractivity contribution in [3.8, 4) is 11.4 Å². The predicted octanol–water partition coefficient (Wildman–Crippen LogP) is 4.87. The van der Waals surface area contributed by atoms with E-state index >= 15 is 0 Å². The lowest BCUT2D eigenvalue weighted by Gasteiger charge is -2.13. The number of aliphatic hydroxyl groups excluding tert-OH is 1. The van der Waals surface area contributed by atoms with Gasteiger partial charge in [-0.3, -0.25) is 9.55 Å². The van der Waals surface area contributed by atoms with Crippen LogP contribution in [0.25, 0.3) is 11.4 Å². The smallest absolute Gasteiger partial charge is 0.191 e. The van der Waals surface area contributed by atoms with Crippen molar-refractivity contribution in [2.24, 2.45) is 0 Å². The summed E-state index contributed by atoms with van der Waals surface area (Å²) in [6.45, 7) is 0.628. The molecule has 7 heteroatoms. The maximum Gasteiger partial charge on any atom is 0.191 e. The average molecular weight is 423 g/mol. The van der Waals surface area contributed by atoms with Gasteiger partial charge in [0.05, 0.1) is 12.6 Å². The number of aliphatic hydroxyl groups is 1. The van der Waals surface area contributed by atoms with Crippen LogP contribution in [-0.4, -0.2) is 30.6 Å². The molecule has 29 heavy (non-hydrogen) atoms. The first-order valence-corrected chi connectivity index (χ1v) is 10.5. The van der Waals surface area contributed by atoms with Crippen LogP contribution in [0.1, 0.15) is 17.2 Å². The van der Waals surface area contributed by atoms with Crippen molar-refractivity contribution in [2.45, 2.75) is 17.8 Å². The van der Waals surface area contributed by atoms with Gasteiger partial charge in [-0.2, -0.15) is 0 Å². The standard InChI is InChI=1S/C22H19ClN4OS/c23-19-11-5-4-10-18(19)20(28)15-29-22-26-25-21(17-9-6-12-24-13-17)27(22)14-16-7-2-1-3-8-16/h1-13,20,28H,14-15H2. The molecule has 0 aliphatic rings. The highest BCUT2D eigenvalue weighted by Gasteiger charge is 2.18. The van der Waals surface area contributed by atoms with Crippen molar-refractivity contribution in [3.05, 3.63) is 95.3 Å². The van der Waals surface area contributed by atoms with Gasteiger partial charge in [-0.05, 0) is 29.3 Å². The highest BCUT2D eigenvalue weighted by atomic mass is 35.5. The van der Waals surface area contributed by atoms with E-state index < -0.39 is 6.10 Å². The number of benzene rings is 2. The summed E-state index contributed by atoms with van der Waals surface area (Å²) in [6.07, 6.45) is 2.81. The molecule has 2 aromatic carbocycles. The second-order valence-corrected chi connectivity index (χ2v) is 7.86. The zero-order valence-electron chi connectivity index (χ0n) is 15.5. The van der Waals surface area contributed by atoms with E-state index in [9.17, 15) is 5.11 Å². The molecule has 0 radical (unpaired) electrons. The largest absolute Gasteiger partial charge is 0.387 e. The third kappa shape index (κ3) is 4.67. The first kappa shape index (κ1) is 19.6. The molecule has 0 amide bonds. The lowest BCUT2D eigenvalue weighted by Crippen LogP contribution is -2.06. The second kappa shape index (κ2) is 9.22. The van der Waals surface area contributed by atoms with E-state index in [4.69, 9.17) is 11.6 Å². The fraction of sp³-hybridized carbons (Fsp3) is 0.136. The fourth-order valence-corrected chi connectivity index (χ4v) is 4.15. The predicted molar refractivity (Wildman–Crippen MR) is 116 cm³/mol. The SMILES string of the molecule is OC(CSc1nnc(-c2cccnc2)n1Cc1ccccc1)c1ccccc1Cl. The Bertz CT molecular complexity index is 1070.